The van der Waals surface area contributed by atoms with E-state index in [0.29, 0.717) is 6.17 Å². The molecule has 52 valence electrons. The van der Waals surface area contributed by atoms with Crippen LogP contribution in [-0.4, -0.2) is 31.8 Å². The van der Waals surface area contributed by atoms with Gasteiger partial charge in [-0.15, -0.1) is 0 Å². The Kier molecular flexibility index (Phi) is 1.41. The second-order valence-electron chi connectivity index (χ2n) is 2.82. The highest BCUT2D eigenvalue weighted by Crippen LogP contribution is 2.01. The molecule has 0 aromatic carbocycles. The molecule has 0 saturated carbocycles. The lowest BCUT2D eigenvalue weighted by atomic mass is 10.1. The van der Waals surface area contributed by atoms with E-state index in [0.717, 1.165) is 19.1 Å². The molecule has 3 N–H and O–H groups in total. The fourth-order valence-electron chi connectivity index (χ4n) is 1.55. The van der Waals surface area contributed by atoms with Gasteiger partial charge in [0.1, 0.15) is 0 Å². The Balaban J connectivity index is 1.96. The van der Waals surface area contributed by atoms with Crippen molar-refractivity contribution in [2.24, 2.45) is 0 Å². The van der Waals surface area contributed by atoms with Crippen molar-refractivity contribution in [3.05, 3.63) is 0 Å². The van der Waals surface area contributed by atoms with Crippen LogP contribution in [0.4, 0.5) is 0 Å². The summed E-state index contributed by atoms with van der Waals surface area (Å²) in [6.07, 6.45) is 1.81. The molecule has 2 saturated heterocycles. The van der Waals surface area contributed by atoms with Gasteiger partial charge in [-0.05, 0) is 13.0 Å². The maximum Gasteiger partial charge on any atom is 0.0703 e. The second kappa shape index (κ2) is 2.25. The van der Waals surface area contributed by atoms with Gasteiger partial charge in [-0.3, -0.25) is 5.32 Å². The first kappa shape index (κ1) is 5.65. The van der Waals surface area contributed by atoms with E-state index in [9.17, 15) is 0 Å². The van der Waals surface area contributed by atoms with Crippen LogP contribution >= 0.6 is 0 Å². The third kappa shape index (κ3) is 1.08. The van der Waals surface area contributed by atoms with E-state index in [1.54, 1.807) is 0 Å². The van der Waals surface area contributed by atoms with E-state index in [1.807, 2.05) is 0 Å². The van der Waals surface area contributed by atoms with Gasteiger partial charge in [-0.25, -0.2) is 0 Å². The molecule has 0 amide bonds. The van der Waals surface area contributed by atoms with Crippen molar-refractivity contribution in [1.29, 1.82) is 0 Å². The van der Waals surface area contributed by atoms with Crippen molar-refractivity contribution in [2.75, 3.05) is 19.6 Å². The highest BCUT2D eigenvalue weighted by molar-refractivity contribution is 4.86. The van der Waals surface area contributed by atoms with Gasteiger partial charge in [0.25, 0.3) is 0 Å². The predicted molar refractivity (Wildman–Crippen MR) is 36.2 cm³/mol. The van der Waals surface area contributed by atoms with E-state index in [2.05, 4.69) is 16.0 Å². The summed E-state index contributed by atoms with van der Waals surface area (Å²) in [5.41, 5.74) is 0. The summed E-state index contributed by atoms with van der Waals surface area (Å²) in [7, 11) is 0. The number of rotatable bonds is 0. The average molecular weight is 127 g/mol. The minimum absolute atomic E-state index is 0.539. The molecule has 2 aliphatic rings. The molecule has 2 atom stereocenters. The van der Waals surface area contributed by atoms with E-state index in [-0.39, 0.29) is 0 Å². The summed E-state index contributed by atoms with van der Waals surface area (Å²) >= 11 is 0. The van der Waals surface area contributed by atoms with Crippen molar-refractivity contribution in [3.8, 4) is 0 Å². The Morgan fingerprint density at radius 2 is 2.22 bits per heavy atom. The van der Waals surface area contributed by atoms with Crippen molar-refractivity contribution < 1.29 is 0 Å². The van der Waals surface area contributed by atoms with Crippen LogP contribution in [0.25, 0.3) is 0 Å². The predicted octanol–water partition coefficient (Wildman–Crippen LogP) is -1.13. The van der Waals surface area contributed by atoms with Crippen molar-refractivity contribution in [2.45, 2.75) is 18.6 Å². The van der Waals surface area contributed by atoms with E-state index >= 15 is 0 Å². The fraction of sp³-hybridized carbons (Fsp3) is 1.00. The average Bonchev–Trinajstić information content (AvgIpc) is 1.88. The highest BCUT2D eigenvalue weighted by Gasteiger charge is 2.23. The minimum Gasteiger partial charge on any atom is -0.312 e. The van der Waals surface area contributed by atoms with Gasteiger partial charge >= 0.3 is 0 Å². The monoisotopic (exact) mass is 127 g/mol. The maximum atomic E-state index is 3.48. The molecule has 3 nitrogen and oxygen atoms in total. The van der Waals surface area contributed by atoms with Crippen LogP contribution in [0.1, 0.15) is 6.42 Å². The van der Waals surface area contributed by atoms with E-state index in [4.69, 9.17) is 0 Å². The largest absolute Gasteiger partial charge is 0.312 e. The first-order chi connectivity index (χ1) is 4.45. The van der Waals surface area contributed by atoms with Crippen LogP contribution in [-0.2, 0) is 0 Å². The third-order valence-corrected chi connectivity index (χ3v) is 2.06. The van der Waals surface area contributed by atoms with Gasteiger partial charge in [-0.1, -0.05) is 0 Å². The Bertz CT molecular complexity index is 84.5. The van der Waals surface area contributed by atoms with Gasteiger partial charge < -0.3 is 10.6 Å². The van der Waals surface area contributed by atoms with Gasteiger partial charge in [0.05, 0.1) is 6.17 Å². The molecule has 9 heavy (non-hydrogen) atoms. The second-order valence-corrected chi connectivity index (χ2v) is 2.82. The lowest BCUT2D eigenvalue weighted by molar-refractivity contribution is 0.242. The van der Waals surface area contributed by atoms with Crippen LogP contribution in [0.3, 0.4) is 0 Å². The van der Waals surface area contributed by atoms with Crippen molar-refractivity contribution >= 4 is 0 Å². The van der Waals surface area contributed by atoms with Crippen molar-refractivity contribution in [1.82, 2.24) is 16.0 Å². The molecule has 0 unspecified atom stereocenters. The molecule has 0 aliphatic carbocycles. The fourth-order valence-corrected chi connectivity index (χ4v) is 1.55. The molecule has 0 spiro atoms. The minimum atomic E-state index is 0.539. The van der Waals surface area contributed by atoms with Crippen LogP contribution in [0.2, 0.25) is 0 Å². The molecule has 2 rings (SSSR count). The number of hydrogen-bond acceptors (Lipinski definition) is 3. The molecule has 0 aromatic rings. The molecular weight excluding hydrogens is 114 g/mol. The van der Waals surface area contributed by atoms with Gasteiger partial charge in [0.2, 0.25) is 0 Å². The zero-order chi connectivity index (χ0) is 6.10. The number of fused-ring (bicyclic) bond motifs is 2. The summed E-state index contributed by atoms with van der Waals surface area (Å²) in [5, 5.41) is 10.2. The maximum absolute atomic E-state index is 3.48. The molecular formula is C6H13N3. The zero-order valence-corrected chi connectivity index (χ0v) is 5.48. The number of nitrogens with one attached hydrogen (secondary N) is 3. The van der Waals surface area contributed by atoms with Crippen LogP contribution < -0.4 is 16.0 Å². The Morgan fingerprint density at radius 3 is 3.00 bits per heavy atom. The molecule has 0 radical (unpaired) electrons. The molecule has 2 bridgehead atoms. The van der Waals surface area contributed by atoms with Crippen LogP contribution in [0.5, 0.6) is 0 Å². The summed E-state index contributed by atoms with van der Waals surface area (Å²) in [4.78, 5) is 0. The quantitative estimate of drug-likeness (QED) is 0.385. The lowest BCUT2D eigenvalue weighted by Crippen LogP contribution is -2.64. The van der Waals surface area contributed by atoms with E-state index in [1.165, 1.54) is 13.0 Å². The molecule has 3 heteroatoms. The summed E-state index contributed by atoms with van der Waals surface area (Å²) < 4.78 is 0. The molecule has 2 aliphatic heterocycles. The summed E-state index contributed by atoms with van der Waals surface area (Å²) in [6, 6.07) is 0.727. The Hall–Kier alpha value is -0.120. The van der Waals surface area contributed by atoms with Gasteiger partial charge in [0, 0.05) is 19.1 Å². The lowest BCUT2D eigenvalue weighted by Gasteiger charge is -2.37. The molecule has 2 heterocycles. The van der Waals surface area contributed by atoms with E-state index < -0.39 is 0 Å². The van der Waals surface area contributed by atoms with Crippen LogP contribution in [0, 0.1) is 0 Å². The Morgan fingerprint density at radius 1 is 1.22 bits per heavy atom. The van der Waals surface area contributed by atoms with Gasteiger partial charge in [0.15, 0.2) is 0 Å². The summed E-state index contributed by atoms with van der Waals surface area (Å²) in [6.45, 7) is 3.42. The third-order valence-electron chi connectivity index (χ3n) is 2.06. The zero-order valence-electron chi connectivity index (χ0n) is 5.48. The van der Waals surface area contributed by atoms with Gasteiger partial charge in [-0.2, -0.15) is 0 Å². The normalized spacial score (nSPS) is 42.7. The first-order valence-electron chi connectivity index (χ1n) is 3.65. The first-order valence-corrected chi connectivity index (χ1v) is 3.65. The number of hydrogen-bond donors (Lipinski definition) is 3. The SMILES string of the molecule is C1C[C@@H]2CNC[C@H](N1)N2. The summed E-state index contributed by atoms with van der Waals surface area (Å²) in [5.74, 6) is 0. The standard InChI is InChI=1S/C6H13N3/c1-2-8-6-4-7-3-5(1)9-6/h5-9H,1-4H2/t5-,6-/m1/s1. The van der Waals surface area contributed by atoms with Crippen molar-refractivity contribution in [3.63, 3.8) is 0 Å². The molecule has 2 fully saturated rings. The Labute approximate surface area is 55.2 Å². The van der Waals surface area contributed by atoms with Crippen LogP contribution in [0.15, 0.2) is 0 Å². The highest BCUT2D eigenvalue weighted by atomic mass is 15.2. The number of piperazine rings is 1. The topological polar surface area (TPSA) is 36.1 Å². The smallest absolute Gasteiger partial charge is 0.0703 e. The molecule has 0 aromatic heterocycles.